The third-order valence-corrected chi connectivity index (χ3v) is 2.60. The minimum atomic E-state index is -0.279. The first kappa shape index (κ1) is 16.2. The number of ether oxygens (including phenoxy) is 1. The quantitative estimate of drug-likeness (QED) is 0.363. The normalized spacial score (nSPS) is 12.9. The Hall–Kier alpha value is -0.830. The Morgan fingerprint density at radius 3 is 2.53 bits per heavy atom. The highest BCUT2D eigenvalue weighted by molar-refractivity contribution is 5.65. The second kappa shape index (κ2) is 11.6. The lowest BCUT2D eigenvalue weighted by Crippen LogP contribution is -2.00. The maximum absolute atomic E-state index is 10.5. The van der Waals surface area contributed by atoms with E-state index in [1.807, 2.05) is 13.0 Å². The fourth-order valence-electron chi connectivity index (χ4n) is 1.50. The molecule has 0 aromatic heterocycles. The average molecular weight is 242 g/mol. The fraction of sp³-hybridized carbons (Fsp3) is 0.786. The minimum absolute atomic E-state index is 0.190. The van der Waals surface area contributed by atoms with E-state index in [1.54, 1.807) is 0 Å². The smallest absolute Gasteiger partial charge is 0.302 e. The van der Waals surface area contributed by atoms with Crippen LogP contribution in [0.1, 0.15) is 58.8 Å². The molecule has 0 spiro atoms. The molecule has 1 atom stereocenters. The lowest BCUT2D eigenvalue weighted by atomic mass is 10.1. The zero-order valence-corrected chi connectivity index (χ0v) is 11.2. The van der Waals surface area contributed by atoms with Gasteiger partial charge in [0.25, 0.3) is 0 Å². The van der Waals surface area contributed by atoms with Crippen LogP contribution in [0.2, 0.25) is 0 Å². The van der Waals surface area contributed by atoms with Crippen molar-refractivity contribution in [2.45, 2.75) is 64.9 Å². The minimum Gasteiger partial charge on any atom is -0.466 e. The maximum atomic E-state index is 10.5. The van der Waals surface area contributed by atoms with Crippen molar-refractivity contribution >= 4 is 5.97 Å². The number of aliphatic hydroxyl groups is 1. The lowest BCUT2D eigenvalue weighted by Gasteiger charge is -2.02. The van der Waals surface area contributed by atoms with Crippen LogP contribution in [0.4, 0.5) is 0 Å². The summed E-state index contributed by atoms with van der Waals surface area (Å²) < 4.78 is 4.85. The number of aliphatic hydroxyl groups excluding tert-OH is 1. The summed E-state index contributed by atoms with van der Waals surface area (Å²) >= 11 is 0. The molecule has 0 saturated heterocycles. The van der Waals surface area contributed by atoms with Crippen molar-refractivity contribution in [1.82, 2.24) is 0 Å². The van der Waals surface area contributed by atoms with E-state index < -0.39 is 0 Å². The standard InChI is InChI=1S/C14H26O3/c1-3-14(16)11-9-7-5-4-6-8-10-12-17-13(2)15/h9,11,14,16H,3-8,10,12H2,1-2H3/b11-9+. The first-order valence-corrected chi connectivity index (χ1v) is 6.65. The summed E-state index contributed by atoms with van der Waals surface area (Å²) in [5, 5.41) is 9.27. The van der Waals surface area contributed by atoms with Gasteiger partial charge in [-0.15, -0.1) is 0 Å². The molecule has 0 heterocycles. The Labute approximate surface area is 105 Å². The molecule has 1 unspecified atom stereocenters. The third kappa shape index (κ3) is 13.1. The highest BCUT2D eigenvalue weighted by Crippen LogP contribution is 2.06. The van der Waals surface area contributed by atoms with Gasteiger partial charge in [-0.2, -0.15) is 0 Å². The summed E-state index contributed by atoms with van der Waals surface area (Å²) in [6.07, 6.45) is 11.1. The largest absolute Gasteiger partial charge is 0.466 e. The van der Waals surface area contributed by atoms with Crippen LogP contribution in [0, 0.1) is 0 Å². The summed E-state index contributed by atoms with van der Waals surface area (Å²) in [7, 11) is 0. The van der Waals surface area contributed by atoms with Crippen LogP contribution in [0.5, 0.6) is 0 Å². The van der Waals surface area contributed by atoms with Crippen LogP contribution in [0.25, 0.3) is 0 Å². The van der Waals surface area contributed by atoms with Crippen LogP contribution >= 0.6 is 0 Å². The summed E-state index contributed by atoms with van der Waals surface area (Å²) in [5.41, 5.74) is 0. The van der Waals surface area contributed by atoms with Gasteiger partial charge in [-0.05, 0) is 25.7 Å². The SMILES string of the molecule is CCC(O)/C=C/CCCCCCCOC(C)=O. The Morgan fingerprint density at radius 1 is 1.24 bits per heavy atom. The van der Waals surface area contributed by atoms with E-state index in [1.165, 1.54) is 26.2 Å². The van der Waals surface area contributed by atoms with E-state index in [9.17, 15) is 9.90 Å². The molecule has 0 aliphatic rings. The molecule has 17 heavy (non-hydrogen) atoms. The molecule has 0 rings (SSSR count). The number of unbranched alkanes of at least 4 members (excludes halogenated alkanes) is 5. The first-order chi connectivity index (χ1) is 8.16. The molecular weight excluding hydrogens is 216 g/mol. The van der Waals surface area contributed by atoms with Crippen molar-refractivity contribution in [2.24, 2.45) is 0 Å². The molecule has 0 aliphatic carbocycles. The highest BCUT2D eigenvalue weighted by Gasteiger charge is 1.94. The monoisotopic (exact) mass is 242 g/mol. The van der Waals surface area contributed by atoms with Gasteiger partial charge >= 0.3 is 5.97 Å². The molecule has 100 valence electrons. The molecule has 3 nitrogen and oxygen atoms in total. The summed E-state index contributed by atoms with van der Waals surface area (Å²) in [4.78, 5) is 10.5. The lowest BCUT2D eigenvalue weighted by molar-refractivity contribution is -0.141. The van der Waals surface area contributed by atoms with E-state index in [0.717, 1.165) is 25.7 Å². The zero-order chi connectivity index (χ0) is 12.9. The van der Waals surface area contributed by atoms with E-state index in [2.05, 4.69) is 6.08 Å². The topological polar surface area (TPSA) is 46.5 Å². The fourth-order valence-corrected chi connectivity index (χ4v) is 1.50. The van der Waals surface area contributed by atoms with Gasteiger partial charge in [0, 0.05) is 6.92 Å². The number of carbonyl (C=O) groups excluding carboxylic acids is 1. The van der Waals surface area contributed by atoms with Gasteiger partial charge in [-0.1, -0.05) is 38.3 Å². The molecule has 0 radical (unpaired) electrons. The van der Waals surface area contributed by atoms with Gasteiger partial charge in [0.05, 0.1) is 12.7 Å². The van der Waals surface area contributed by atoms with Gasteiger partial charge in [0.2, 0.25) is 0 Å². The second-order valence-electron chi connectivity index (χ2n) is 4.30. The Balaban J connectivity index is 3.13. The third-order valence-electron chi connectivity index (χ3n) is 2.60. The van der Waals surface area contributed by atoms with E-state index in [0.29, 0.717) is 6.61 Å². The maximum Gasteiger partial charge on any atom is 0.302 e. The van der Waals surface area contributed by atoms with Crippen molar-refractivity contribution in [3.05, 3.63) is 12.2 Å². The van der Waals surface area contributed by atoms with Crippen LogP contribution < -0.4 is 0 Å². The van der Waals surface area contributed by atoms with E-state index in [4.69, 9.17) is 4.74 Å². The van der Waals surface area contributed by atoms with Crippen LogP contribution in [-0.4, -0.2) is 23.8 Å². The van der Waals surface area contributed by atoms with Crippen LogP contribution in [0.15, 0.2) is 12.2 Å². The number of esters is 1. The van der Waals surface area contributed by atoms with Gasteiger partial charge in [-0.25, -0.2) is 0 Å². The van der Waals surface area contributed by atoms with Crippen molar-refractivity contribution in [1.29, 1.82) is 0 Å². The predicted molar refractivity (Wildman–Crippen MR) is 69.8 cm³/mol. The molecule has 1 N–H and O–H groups in total. The number of allylic oxidation sites excluding steroid dienone is 1. The molecule has 0 saturated carbocycles. The van der Waals surface area contributed by atoms with Gasteiger partial charge in [-0.3, -0.25) is 4.79 Å². The molecular formula is C14H26O3. The molecule has 3 heteroatoms. The summed E-state index contributed by atoms with van der Waals surface area (Å²) in [5.74, 6) is -0.190. The predicted octanol–water partition coefficient (Wildman–Crippen LogP) is 3.22. The summed E-state index contributed by atoms with van der Waals surface area (Å²) in [6, 6.07) is 0. The van der Waals surface area contributed by atoms with Gasteiger partial charge in [0.15, 0.2) is 0 Å². The van der Waals surface area contributed by atoms with Crippen LogP contribution in [-0.2, 0) is 9.53 Å². The number of carbonyl (C=O) groups is 1. The first-order valence-electron chi connectivity index (χ1n) is 6.65. The molecule has 0 aromatic carbocycles. The number of hydrogen-bond acceptors (Lipinski definition) is 3. The van der Waals surface area contributed by atoms with Crippen LogP contribution in [0.3, 0.4) is 0 Å². The Bertz CT molecular complexity index is 212. The van der Waals surface area contributed by atoms with Crippen molar-refractivity contribution in [3.8, 4) is 0 Å². The summed E-state index contributed by atoms with van der Waals surface area (Å²) in [6.45, 7) is 3.97. The Kier molecular flexibility index (Phi) is 11.1. The molecule has 0 amide bonds. The van der Waals surface area contributed by atoms with Gasteiger partial charge < -0.3 is 9.84 Å². The molecule has 0 fully saturated rings. The highest BCUT2D eigenvalue weighted by atomic mass is 16.5. The molecule has 0 bridgehead atoms. The van der Waals surface area contributed by atoms with Gasteiger partial charge in [0.1, 0.15) is 0 Å². The van der Waals surface area contributed by atoms with Crippen molar-refractivity contribution in [2.75, 3.05) is 6.61 Å². The van der Waals surface area contributed by atoms with E-state index in [-0.39, 0.29) is 12.1 Å². The Morgan fingerprint density at radius 2 is 1.88 bits per heavy atom. The second-order valence-corrected chi connectivity index (χ2v) is 4.30. The number of rotatable bonds is 10. The number of hydrogen-bond donors (Lipinski definition) is 1. The molecule has 0 aromatic rings. The van der Waals surface area contributed by atoms with Crippen molar-refractivity contribution < 1.29 is 14.6 Å². The zero-order valence-electron chi connectivity index (χ0n) is 11.2. The molecule has 0 aliphatic heterocycles. The van der Waals surface area contributed by atoms with Crippen molar-refractivity contribution in [3.63, 3.8) is 0 Å². The average Bonchev–Trinajstić information content (AvgIpc) is 2.30. The van der Waals surface area contributed by atoms with E-state index >= 15 is 0 Å².